The fourth-order valence-electron chi connectivity index (χ4n) is 6.12. The molecule has 0 bridgehead atoms. The van der Waals surface area contributed by atoms with Gasteiger partial charge < -0.3 is 14.6 Å². The van der Waals surface area contributed by atoms with Crippen molar-refractivity contribution in [1.82, 2.24) is 19.8 Å². The van der Waals surface area contributed by atoms with Gasteiger partial charge in [0.15, 0.2) is 0 Å². The fourth-order valence-corrected chi connectivity index (χ4v) is 6.12. The van der Waals surface area contributed by atoms with Gasteiger partial charge in [-0.3, -0.25) is 9.69 Å². The van der Waals surface area contributed by atoms with E-state index >= 15 is 0 Å². The summed E-state index contributed by atoms with van der Waals surface area (Å²) in [5, 5.41) is 3.15. The molecule has 4 heterocycles. The Bertz CT molecular complexity index is 1130. The molecular weight excluding hydrogens is 431 g/mol. The number of amides is 1. The highest BCUT2D eigenvalue weighted by Crippen LogP contribution is 2.46. The van der Waals surface area contributed by atoms with Crippen LogP contribution in [0.15, 0.2) is 54.5 Å². The summed E-state index contributed by atoms with van der Waals surface area (Å²) in [5.41, 5.74) is 3.60. The monoisotopic (exact) mass is 462 g/mol. The maximum absolute atomic E-state index is 14.9. The number of rotatable bonds is 4. The number of fused-ring (bicyclic) bond motifs is 3. The third-order valence-electron chi connectivity index (χ3n) is 7.98. The molecular formula is C27H31FN4O2. The van der Waals surface area contributed by atoms with Crippen molar-refractivity contribution in [1.29, 1.82) is 0 Å². The van der Waals surface area contributed by atoms with Gasteiger partial charge in [-0.15, -0.1) is 0 Å². The fraction of sp³-hybridized carbons (Fsp3) is 0.481. The molecule has 1 aliphatic carbocycles. The van der Waals surface area contributed by atoms with Crippen molar-refractivity contribution in [3.8, 4) is 11.3 Å². The van der Waals surface area contributed by atoms with Crippen molar-refractivity contribution in [2.24, 2.45) is 5.92 Å². The molecule has 6 nitrogen and oxygen atoms in total. The van der Waals surface area contributed by atoms with E-state index in [-0.39, 0.29) is 23.8 Å². The average Bonchev–Trinajstić information content (AvgIpc) is 3.47. The lowest BCUT2D eigenvalue weighted by Gasteiger charge is -2.39. The Hall–Kier alpha value is -2.77. The molecule has 6 rings (SSSR count). The van der Waals surface area contributed by atoms with Crippen molar-refractivity contribution in [2.75, 3.05) is 26.3 Å². The smallest absolute Gasteiger partial charge is 0.251 e. The summed E-state index contributed by atoms with van der Waals surface area (Å²) in [6.45, 7) is 3.39. The maximum Gasteiger partial charge on any atom is 0.251 e. The Balaban J connectivity index is 1.07. The Kier molecular flexibility index (Phi) is 5.83. The van der Waals surface area contributed by atoms with E-state index in [9.17, 15) is 9.18 Å². The molecule has 2 atom stereocenters. The first-order chi connectivity index (χ1) is 16.7. The number of imidazole rings is 1. The molecule has 0 radical (unpaired) electrons. The van der Waals surface area contributed by atoms with Gasteiger partial charge in [0.05, 0.1) is 24.3 Å². The molecule has 2 fully saturated rings. The van der Waals surface area contributed by atoms with Gasteiger partial charge in [0.25, 0.3) is 5.91 Å². The Labute approximate surface area is 199 Å². The minimum absolute atomic E-state index is 0.0260. The first-order valence-corrected chi connectivity index (χ1v) is 12.5. The van der Waals surface area contributed by atoms with Gasteiger partial charge in [0, 0.05) is 42.0 Å². The lowest BCUT2D eigenvalue weighted by atomic mass is 9.84. The minimum Gasteiger partial charge on any atom is -0.381 e. The van der Waals surface area contributed by atoms with Crippen LogP contribution in [0.4, 0.5) is 4.39 Å². The number of likely N-dealkylation sites (tertiary alicyclic amines) is 1. The van der Waals surface area contributed by atoms with E-state index in [1.807, 2.05) is 24.7 Å². The number of aromatic nitrogens is 2. The van der Waals surface area contributed by atoms with Crippen LogP contribution in [0.1, 0.15) is 43.7 Å². The molecule has 7 heteroatoms. The second-order valence-corrected chi connectivity index (χ2v) is 9.89. The number of ether oxygens (including phenoxy) is 1. The highest BCUT2D eigenvalue weighted by Gasteiger charge is 2.38. The van der Waals surface area contributed by atoms with Crippen LogP contribution >= 0.6 is 0 Å². The molecule has 178 valence electrons. The quantitative estimate of drug-likeness (QED) is 0.750. The molecule has 1 N–H and O–H groups in total. The van der Waals surface area contributed by atoms with Crippen LogP contribution in [-0.2, 0) is 9.53 Å². The summed E-state index contributed by atoms with van der Waals surface area (Å²) < 4.78 is 22.4. The van der Waals surface area contributed by atoms with Gasteiger partial charge in [-0.2, -0.15) is 0 Å². The second-order valence-electron chi connectivity index (χ2n) is 9.89. The van der Waals surface area contributed by atoms with E-state index < -0.39 is 0 Å². The summed E-state index contributed by atoms with van der Waals surface area (Å²) in [6.07, 6.45) is 14.6. The van der Waals surface area contributed by atoms with Gasteiger partial charge in [-0.25, -0.2) is 9.37 Å². The van der Waals surface area contributed by atoms with Crippen LogP contribution in [0.2, 0.25) is 0 Å². The van der Waals surface area contributed by atoms with E-state index in [0.717, 1.165) is 80.8 Å². The molecule has 4 aliphatic rings. The molecule has 2 saturated heterocycles. The number of halogens is 1. The summed E-state index contributed by atoms with van der Waals surface area (Å²) >= 11 is 0. The third kappa shape index (κ3) is 3.91. The van der Waals surface area contributed by atoms with Gasteiger partial charge in [-0.1, -0.05) is 30.4 Å². The average molecular weight is 463 g/mol. The molecule has 0 spiro atoms. The van der Waals surface area contributed by atoms with Gasteiger partial charge in [-0.05, 0) is 57.2 Å². The number of benzene rings is 1. The first-order valence-electron chi connectivity index (χ1n) is 12.5. The van der Waals surface area contributed by atoms with Crippen LogP contribution in [0.3, 0.4) is 0 Å². The largest absolute Gasteiger partial charge is 0.381 e. The van der Waals surface area contributed by atoms with Crippen LogP contribution in [0.25, 0.3) is 11.3 Å². The molecule has 0 saturated carbocycles. The zero-order chi connectivity index (χ0) is 23.1. The van der Waals surface area contributed by atoms with Crippen molar-refractivity contribution in [3.63, 3.8) is 0 Å². The third-order valence-corrected chi connectivity index (χ3v) is 7.98. The standard InChI is InChI=1S/C27H31FN4O2/c28-23-3-1-2-22-24-16-29-17-32(24)26(25(22)23)18-8-12-31(13-9-18)21-6-4-19(5-7-21)27(33)30-20-10-14-34-15-11-20/h1-6,16-18,20-21,26H,7-15H2,(H,30,33). The second kappa shape index (κ2) is 9.12. The molecule has 3 aliphatic heterocycles. The number of carbonyl (C=O) groups excluding carboxylic acids is 1. The molecule has 34 heavy (non-hydrogen) atoms. The van der Waals surface area contributed by atoms with Crippen LogP contribution in [-0.4, -0.2) is 58.7 Å². The normalized spacial score (nSPS) is 25.6. The van der Waals surface area contributed by atoms with Gasteiger partial charge >= 0.3 is 0 Å². The topological polar surface area (TPSA) is 59.4 Å². The first kappa shape index (κ1) is 21.7. The molecule has 1 aromatic heterocycles. The summed E-state index contributed by atoms with van der Waals surface area (Å²) in [7, 11) is 0. The number of hydrogen-bond donors (Lipinski definition) is 1. The SMILES string of the molecule is O=C(NC1CCOCC1)C1=CCC(N2CCC(C3c4c(F)cccc4-c4cncn43)CC2)C=C1. The van der Waals surface area contributed by atoms with E-state index in [0.29, 0.717) is 12.0 Å². The molecule has 2 aromatic rings. The Morgan fingerprint density at radius 1 is 1.15 bits per heavy atom. The Morgan fingerprint density at radius 2 is 1.97 bits per heavy atom. The minimum atomic E-state index is -0.111. The number of nitrogens with one attached hydrogen (secondary N) is 1. The molecule has 1 aromatic carbocycles. The van der Waals surface area contributed by atoms with Crippen LogP contribution in [0, 0.1) is 11.7 Å². The van der Waals surface area contributed by atoms with Crippen molar-refractivity contribution >= 4 is 5.91 Å². The maximum atomic E-state index is 14.9. The summed E-state index contributed by atoms with van der Waals surface area (Å²) in [5.74, 6) is 0.296. The van der Waals surface area contributed by atoms with Crippen molar-refractivity contribution in [2.45, 2.75) is 50.2 Å². The predicted molar refractivity (Wildman–Crippen MR) is 128 cm³/mol. The van der Waals surface area contributed by atoms with Gasteiger partial charge in [0.2, 0.25) is 0 Å². The lowest BCUT2D eigenvalue weighted by Crippen LogP contribution is -2.43. The number of hydrogen-bond acceptors (Lipinski definition) is 4. The van der Waals surface area contributed by atoms with E-state index in [1.165, 1.54) is 0 Å². The highest BCUT2D eigenvalue weighted by atomic mass is 19.1. The number of carbonyl (C=O) groups is 1. The van der Waals surface area contributed by atoms with Crippen molar-refractivity contribution in [3.05, 3.63) is 65.9 Å². The summed E-state index contributed by atoms with van der Waals surface area (Å²) in [4.78, 5) is 19.5. The van der Waals surface area contributed by atoms with Crippen LogP contribution in [0.5, 0.6) is 0 Å². The van der Waals surface area contributed by atoms with E-state index in [2.05, 4.69) is 31.9 Å². The lowest BCUT2D eigenvalue weighted by molar-refractivity contribution is -0.118. The van der Waals surface area contributed by atoms with Crippen LogP contribution < -0.4 is 5.32 Å². The van der Waals surface area contributed by atoms with E-state index in [4.69, 9.17) is 4.74 Å². The molecule has 1 amide bonds. The van der Waals surface area contributed by atoms with Crippen molar-refractivity contribution < 1.29 is 13.9 Å². The molecule has 2 unspecified atom stereocenters. The highest BCUT2D eigenvalue weighted by molar-refractivity contribution is 5.96. The van der Waals surface area contributed by atoms with E-state index in [1.54, 1.807) is 12.1 Å². The predicted octanol–water partition coefficient (Wildman–Crippen LogP) is 3.85. The zero-order valence-electron chi connectivity index (χ0n) is 19.3. The zero-order valence-corrected chi connectivity index (χ0v) is 19.3. The number of piperidine rings is 1. The number of nitrogens with zero attached hydrogens (tertiary/aromatic N) is 3. The Morgan fingerprint density at radius 3 is 2.74 bits per heavy atom. The summed E-state index contributed by atoms with van der Waals surface area (Å²) in [6, 6.07) is 5.94. The van der Waals surface area contributed by atoms with Gasteiger partial charge in [0.1, 0.15) is 5.82 Å².